The third-order valence-electron chi connectivity index (χ3n) is 3.23. The van der Waals surface area contributed by atoms with E-state index in [-0.39, 0.29) is 12.4 Å². The van der Waals surface area contributed by atoms with Crippen molar-refractivity contribution < 1.29 is 9.47 Å². The first-order valence-electron chi connectivity index (χ1n) is 6.56. The molecule has 1 aromatic carbocycles. The zero-order chi connectivity index (χ0) is 12.8. The SMILES string of the molecule is CCOc1ccc(OCCN(C)C2CNC2)cc1.Cl. The summed E-state index contributed by atoms with van der Waals surface area (Å²) in [5.41, 5.74) is 0. The molecule has 0 radical (unpaired) electrons. The van der Waals surface area contributed by atoms with Crippen LogP contribution in [0.4, 0.5) is 0 Å². The summed E-state index contributed by atoms with van der Waals surface area (Å²) in [5, 5.41) is 3.27. The van der Waals surface area contributed by atoms with Gasteiger partial charge in [-0.3, -0.25) is 4.90 Å². The number of halogens is 1. The maximum absolute atomic E-state index is 5.71. The zero-order valence-electron chi connectivity index (χ0n) is 11.6. The van der Waals surface area contributed by atoms with Gasteiger partial charge in [-0.2, -0.15) is 0 Å². The summed E-state index contributed by atoms with van der Waals surface area (Å²) in [6.45, 7) is 6.55. The van der Waals surface area contributed by atoms with E-state index in [9.17, 15) is 0 Å². The molecule has 1 aromatic rings. The third-order valence-corrected chi connectivity index (χ3v) is 3.23. The molecule has 0 spiro atoms. The second-order valence-electron chi connectivity index (χ2n) is 4.55. The van der Waals surface area contributed by atoms with Crippen LogP contribution in [-0.2, 0) is 0 Å². The Hall–Kier alpha value is -0.970. The predicted molar refractivity (Wildman–Crippen MR) is 79.6 cm³/mol. The van der Waals surface area contributed by atoms with Crippen LogP contribution in [0.5, 0.6) is 11.5 Å². The van der Waals surface area contributed by atoms with Crippen molar-refractivity contribution in [2.75, 3.05) is 39.9 Å². The largest absolute Gasteiger partial charge is 0.494 e. The summed E-state index contributed by atoms with van der Waals surface area (Å²) in [5.74, 6) is 1.79. The van der Waals surface area contributed by atoms with Crippen LogP contribution in [0.15, 0.2) is 24.3 Å². The molecule has 0 aromatic heterocycles. The van der Waals surface area contributed by atoms with Gasteiger partial charge in [0.1, 0.15) is 18.1 Å². The van der Waals surface area contributed by atoms with Crippen LogP contribution in [0.3, 0.4) is 0 Å². The van der Waals surface area contributed by atoms with Crippen molar-refractivity contribution in [2.45, 2.75) is 13.0 Å². The van der Waals surface area contributed by atoms with Crippen LogP contribution in [0.1, 0.15) is 6.92 Å². The monoisotopic (exact) mass is 286 g/mol. The minimum Gasteiger partial charge on any atom is -0.494 e. The van der Waals surface area contributed by atoms with Crippen LogP contribution < -0.4 is 14.8 Å². The fourth-order valence-electron chi connectivity index (χ4n) is 1.87. The van der Waals surface area contributed by atoms with Gasteiger partial charge in [0.25, 0.3) is 0 Å². The molecule has 2 rings (SSSR count). The van der Waals surface area contributed by atoms with Gasteiger partial charge in [0.05, 0.1) is 6.61 Å². The van der Waals surface area contributed by atoms with Gasteiger partial charge in [-0.1, -0.05) is 0 Å². The van der Waals surface area contributed by atoms with Gasteiger partial charge in [0, 0.05) is 25.7 Å². The highest BCUT2D eigenvalue weighted by Crippen LogP contribution is 2.17. The molecule has 1 saturated heterocycles. The highest BCUT2D eigenvalue weighted by molar-refractivity contribution is 5.85. The van der Waals surface area contributed by atoms with Gasteiger partial charge in [0.15, 0.2) is 0 Å². The van der Waals surface area contributed by atoms with Crippen LogP contribution in [0.25, 0.3) is 0 Å². The van der Waals surface area contributed by atoms with Crippen LogP contribution >= 0.6 is 12.4 Å². The molecule has 19 heavy (non-hydrogen) atoms. The molecular formula is C14H23ClN2O2. The lowest BCUT2D eigenvalue weighted by molar-refractivity contribution is 0.151. The number of benzene rings is 1. The van der Waals surface area contributed by atoms with Gasteiger partial charge >= 0.3 is 0 Å². The van der Waals surface area contributed by atoms with E-state index in [2.05, 4.69) is 17.3 Å². The van der Waals surface area contributed by atoms with Gasteiger partial charge in [-0.05, 0) is 38.2 Å². The van der Waals surface area contributed by atoms with Crippen molar-refractivity contribution >= 4 is 12.4 Å². The summed E-state index contributed by atoms with van der Waals surface area (Å²) >= 11 is 0. The van der Waals surface area contributed by atoms with E-state index in [1.807, 2.05) is 31.2 Å². The Morgan fingerprint density at radius 1 is 1.16 bits per heavy atom. The Balaban J connectivity index is 0.00000180. The highest BCUT2D eigenvalue weighted by atomic mass is 35.5. The molecular weight excluding hydrogens is 264 g/mol. The minimum absolute atomic E-state index is 0. The van der Waals surface area contributed by atoms with Crippen molar-refractivity contribution in [3.05, 3.63) is 24.3 Å². The quantitative estimate of drug-likeness (QED) is 0.829. The molecule has 0 atom stereocenters. The zero-order valence-corrected chi connectivity index (χ0v) is 12.4. The van der Waals surface area contributed by atoms with E-state index in [1.54, 1.807) is 0 Å². The van der Waals surface area contributed by atoms with E-state index < -0.39 is 0 Å². The Kier molecular flexibility index (Phi) is 6.99. The summed E-state index contributed by atoms with van der Waals surface area (Å²) in [4.78, 5) is 2.34. The van der Waals surface area contributed by atoms with Gasteiger partial charge in [0.2, 0.25) is 0 Å². The van der Waals surface area contributed by atoms with Crippen LogP contribution in [0, 0.1) is 0 Å². The minimum atomic E-state index is 0. The summed E-state index contributed by atoms with van der Waals surface area (Å²) < 4.78 is 11.1. The Bertz CT molecular complexity index is 355. The van der Waals surface area contributed by atoms with E-state index in [4.69, 9.17) is 9.47 Å². The first-order valence-corrected chi connectivity index (χ1v) is 6.56. The molecule has 1 aliphatic rings. The second kappa shape index (κ2) is 8.25. The maximum Gasteiger partial charge on any atom is 0.119 e. The van der Waals surface area contributed by atoms with Gasteiger partial charge < -0.3 is 14.8 Å². The van der Waals surface area contributed by atoms with E-state index >= 15 is 0 Å². The number of likely N-dealkylation sites (N-methyl/N-ethyl adjacent to an activating group) is 1. The summed E-state index contributed by atoms with van der Waals surface area (Å²) in [6, 6.07) is 8.47. The number of nitrogens with one attached hydrogen (secondary N) is 1. The molecule has 5 heteroatoms. The Morgan fingerprint density at radius 2 is 1.74 bits per heavy atom. The number of hydrogen-bond donors (Lipinski definition) is 1. The first-order chi connectivity index (χ1) is 8.79. The molecule has 0 aliphatic carbocycles. The summed E-state index contributed by atoms with van der Waals surface area (Å²) in [6.07, 6.45) is 0. The lowest BCUT2D eigenvalue weighted by atomic mass is 10.1. The molecule has 0 bridgehead atoms. The number of hydrogen-bond acceptors (Lipinski definition) is 4. The fraction of sp³-hybridized carbons (Fsp3) is 0.571. The smallest absolute Gasteiger partial charge is 0.119 e. The lowest BCUT2D eigenvalue weighted by Gasteiger charge is -2.35. The van der Waals surface area contributed by atoms with Crippen molar-refractivity contribution in [3.8, 4) is 11.5 Å². The topological polar surface area (TPSA) is 33.7 Å². The van der Waals surface area contributed by atoms with Crippen molar-refractivity contribution in [1.29, 1.82) is 0 Å². The molecule has 1 heterocycles. The van der Waals surface area contributed by atoms with Crippen molar-refractivity contribution in [3.63, 3.8) is 0 Å². The molecule has 108 valence electrons. The van der Waals surface area contributed by atoms with Gasteiger partial charge in [-0.15, -0.1) is 12.4 Å². The molecule has 0 saturated carbocycles. The third kappa shape index (κ3) is 4.90. The molecule has 1 N–H and O–H groups in total. The number of ether oxygens (including phenoxy) is 2. The average molecular weight is 287 g/mol. The van der Waals surface area contributed by atoms with Crippen molar-refractivity contribution in [2.24, 2.45) is 0 Å². The number of rotatable bonds is 7. The summed E-state index contributed by atoms with van der Waals surface area (Å²) in [7, 11) is 2.15. The highest BCUT2D eigenvalue weighted by Gasteiger charge is 2.20. The molecule has 0 amide bonds. The average Bonchev–Trinajstić information content (AvgIpc) is 2.29. The lowest BCUT2D eigenvalue weighted by Crippen LogP contribution is -2.56. The molecule has 1 fully saturated rings. The van der Waals surface area contributed by atoms with Crippen LogP contribution in [0.2, 0.25) is 0 Å². The number of nitrogens with zero attached hydrogens (tertiary/aromatic N) is 1. The Labute approximate surface area is 121 Å². The van der Waals surface area contributed by atoms with E-state index in [1.165, 1.54) is 0 Å². The normalized spacial score (nSPS) is 14.7. The fourth-order valence-corrected chi connectivity index (χ4v) is 1.87. The maximum atomic E-state index is 5.71. The van der Waals surface area contributed by atoms with E-state index in [0.717, 1.165) is 37.7 Å². The van der Waals surface area contributed by atoms with Crippen LogP contribution in [-0.4, -0.2) is 50.8 Å². The Morgan fingerprint density at radius 3 is 2.21 bits per heavy atom. The second-order valence-corrected chi connectivity index (χ2v) is 4.55. The molecule has 1 aliphatic heterocycles. The standard InChI is InChI=1S/C14H22N2O2.ClH/c1-3-17-13-4-6-14(7-5-13)18-9-8-16(2)12-10-15-11-12;/h4-7,12,15H,3,8-11H2,1-2H3;1H. The van der Waals surface area contributed by atoms with Gasteiger partial charge in [-0.25, -0.2) is 0 Å². The first kappa shape index (κ1) is 16.1. The molecule has 0 unspecified atom stereocenters. The van der Waals surface area contributed by atoms with Crippen molar-refractivity contribution in [1.82, 2.24) is 10.2 Å². The molecule has 4 nitrogen and oxygen atoms in total. The van der Waals surface area contributed by atoms with E-state index in [0.29, 0.717) is 12.6 Å². The predicted octanol–water partition coefficient (Wildman–Crippen LogP) is 1.79.